The van der Waals surface area contributed by atoms with Crippen LogP contribution in [0.2, 0.25) is 0 Å². The molecule has 0 saturated carbocycles. The summed E-state index contributed by atoms with van der Waals surface area (Å²) in [5, 5.41) is 30.7. The van der Waals surface area contributed by atoms with Crippen molar-refractivity contribution < 1.29 is 33.7 Å². The Balaban J connectivity index is 1.91. The van der Waals surface area contributed by atoms with E-state index in [2.05, 4.69) is 31.5 Å². The topological polar surface area (TPSA) is 182 Å². The summed E-state index contributed by atoms with van der Waals surface area (Å²) in [6.45, 7) is 10.7. The number of rotatable bonds is 13. The molecule has 3 atom stereocenters. The maximum Gasteiger partial charge on any atom is 0.407 e. The fraction of sp³-hybridized carbons (Fsp3) is 0.515. The number of ether oxygens (including phenoxy) is 3. The SMILES string of the molecule is COC(=O)NC(C(=O)NN(Cc1ccc(-c2nnn(C)n2)cc1)C[C@H](O)[C@H](Cc1ccc(OC)cc1)NC(=O)OC(C)(C)C)C(C)(C)C. The van der Waals surface area contributed by atoms with Gasteiger partial charge in [-0.3, -0.25) is 10.2 Å². The molecule has 3 aromatic rings. The highest BCUT2D eigenvalue weighted by molar-refractivity contribution is 5.86. The minimum absolute atomic E-state index is 0.106. The highest BCUT2D eigenvalue weighted by Gasteiger charge is 2.35. The molecule has 1 aromatic heterocycles. The van der Waals surface area contributed by atoms with Crippen LogP contribution in [0.1, 0.15) is 52.7 Å². The molecular formula is C33H48N8O7. The first-order valence-corrected chi connectivity index (χ1v) is 15.5. The van der Waals surface area contributed by atoms with Crippen molar-refractivity contribution in [3.63, 3.8) is 0 Å². The molecule has 0 fully saturated rings. The normalized spacial score (nSPS) is 13.6. The number of nitrogens with one attached hydrogen (secondary N) is 3. The van der Waals surface area contributed by atoms with E-state index in [0.29, 0.717) is 11.6 Å². The predicted molar refractivity (Wildman–Crippen MR) is 177 cm³/mol. The van der Waals surface area contributed by atoms with Crippen molar-refractivity contribution in [2.45, 2.75) is 78.3 Å². The van der Waals surface area contributed by atoms with Gasteiger partial charge in [-0.1, -0.05) is 57.2 Å². The fourth-order valence-corrected chi connectivity index (χ4v) is 4.71. The van der Waals surface area contributed by atoms with Crippen molar-refractivity contribution >= 4 is 18.1 Å². The average molecular weight is 669 g/mol. The minimum atomic E-state index is -1.19. The Morgan fingerprint density at radius 3 is 2.06 bits per heavy atom. The third kappa shape index (κ3) is 11.8. The molecule has 15 nitrogen and oxygen atoms in total. The Morgan fingerprint density at radius 2 is 1.54 bits per heavy atom. The van der Waals surface area contributed by atoms with Gasteiger partial charge in [-0.15, -0.1) is 10.2 Å². The molecule has 0 aliphatic carbocycles. The molecule has 4 N–H and O–H groups in total. The molecule has 15 heteroatoms. The average Bonchev–Trinajstić information content (AvgIpc) is 3.44. The number of carbonyl (C=O) groups excluding carboxylic acids is 3. The summed E-state index contributed by atoms with van der Waals surface area (Å²) >= 11 is 0. The van der Waals surface area contributed by atoms with Crippen molar-refractivity contribution in [2.75, 3.05) is 20.8 Å². The number of nitrogens with zero attached hydrogens (tertiary/aromatic N) is 5. The lowest BCUT2D eigenvalue weighted by atomic mass is 9.86. The van der Waals surface area contributed by atoms with E-state index in [1.54, 1.807) is 67.8 Å². The second-order valence-corrected chi connectivity index (χ2v) is 13.5. The first-order chi connectivity index (χ1) is 22.5. The molecule has 0 saturated heterocycles. The van der Waals surface area contributed by atoms with Gasteiger partial charge < -0.3 is 30.0 Å². The molecular weight excluding hydrogens is 620 g/mol. The number of aliphatic hydroxyl groups excluding tert-OH is 1. The minimum Gasteiger partial charge on any atom is -0.497 e. The van der Waals surface area contributed by atoms with Gasteiger partial charge in [0.2, 0.25) is 5.82 Å². The van der Waals surface area contributed by atoms with E-state index in [4.69, 9.17) is 14.2 Å². The van der Waals surface area contributed by atoms with E-state index < -0.39 is 47.3 Å². The van der Waals surface area contributed by atoms with Crippen LogP contribution < -0.4 is 20.8 Å². The molecule has 262 valence electrons. The van der Waals surface area contributed by atoms with E-state index in [9.17, 15) is 19.5 Å². The van der Waals surface area contributed by atoms with Crippen LogP contribution in [0.3, 0.4) is 0 Å². The number of hydrogen-bond donors (Lipinski definition) is 4. The highest BCUT2D eigenvalue weighted by atomic mass is 16.6. The standard InChI is InChI=1S/C33H48N8O7/c1-32(2,3)27(35-30(44)47-9)29(43)38-41(19-22-10-14-23(15-11-22)28-36-39-40(7)37-28)20-26(42)25(34-31(45)48-33(4,5)6)18-21-12-16-24(46-8)17-13-21/h10-17,25-27,42H,18-20H2,1-9H3,(H,34,45)(H,35,44)(H,38,43)/t25-,26-,27?/m0/s1. The van der Waals surface area contributed by atoms with Gasteiger partial charge in [-0.2, -0.15) is 4.80 Å². The third-order valence-corrected chi connectivity index (χ3v) is 7.13. The maximum absolute atomic E-state index is 13.7. The van der Waals surface area contributed by atoms with Crippen molar-refractivity contribution in [1.82, 2.24) is 41.3 Å². The number of alkyl carbamates (subject to hydrolysis) is 2. The largest absolute Gasteiger partial charge is 0.497 e. The van der Waals surface area contributed by atoms with Crippen LogP contribution in [0.5, 0.6) is 5.75 Å². The number of carbonyl (C=O) groups is 3. The van der Waals surface area contributed by atoms with Crippen molar-refractivity contribution in [2.24, 2.45) is 12.5 Å². The summed E-state index contributed by atoms with van der Waals surface area (Å²) in [7, 11) is 4.46. The van der Waals surface area contributed by atoms with Gasteiger partial charge in [0.1, 0.15) is 17.4 Å². The van der Waals surface area contributed by atoms with Gasteiger partial charge in [0, 0.05) is 18.7 Å². The Labute approximate surface area is 281 Å². The van der Waals surface area contributed by atoms with Crippen LogP contribution in [0.15, 0.2) is 48.5 Å². The van der Waals surface area contributed by atoms with Crippen LogP contribution in [0.4, 0.5) is 9.59 Å². The van der Waals surface area contributed by atoms with E-state index in [1.165, 1.54) is 16.9 Å². The van der Waals surface area contributed by atoms with Gasteiger partial charge >= 0.3 is 12.2 Å². The van der Waals surface area contributed by atoms with Crippen LogP contribution >= 0.6 is 0 Å². The number of tetrazole rings is 1. The molecule has 48 heavy (non-hydrogen) atoms. The van der Waals surface area contributed by atoms with Crippen LogP contribution in [-0.4, -0.2) is 93.0 Å². The zero-order valence-electron chi connectivity index (χ0n) is 29.1. The number of aryl methyl sites for hydroxylation is 1. The van der Waals surface area contributed by atoms with E-state index in [1.807, 2.05) is 36.4 Å². The van der Waals surface area contributed by atoms with Crippen LogP contribution in [0.25, 0.3) is 11.4 Å². The zero-order valence-corrected chi connectivity index (χ0v) is 29.1. The lowest BCUT2D eigenvalue weighted by molar-refractivity contribution is -0.131. The van der Waals surface area contributed by atoms with Gasteiger partial charge in [-0.05, 0) is 61.1 Å². The second-order valence-electron chi connectivity index (χ2n) is 13.5. The van der Waals surface area contributed by atoms with Gasteiger partial charge in [0.15, 0.2) is 0 Å². The van der Waals surface area contributed by atoms with Crippen LogP contribution in [0, 0.1) is 5.41 Å². The second kappa shape index (κ2) is 16.4. The quantitative estimate of drug-likeness (QED) is 0.197. The van der Waals surface area contributed by atoms with Gasteiger partial charge in [-0.25, -0.2) is 14.6 Å². The number of aliphatic hydroxyl groups is 1. The highest BCUT2D eigenvalue weighted by Crippen LogP contribution is 2.21. The van der Waals surface area contributed by atoms with Crippen molar-refractivity contribution in [3.05, 3.63) is 59.7 Å². The smallest absolute Gasteiger partial charge is 0.407 e. The monoisotopic (exact) mass is 668 g/mol. The van der Waals surface area contributed by atoms with Crippen LogP contribution in [-0.2, 0) is 34.3 Å². The number of amides is 3. The van der Waals surface area contributed by atoms with E-state index in [0.717, 1.165) is 16.7 Å². The molecule has 0 spiro atoms. The van der Waals surface area contributed by atoms with Crippen molar-refractivity contribution in [3.8, 4) is 17.1 Å². The summed E-state index contributed by atoms with van der Waals surface area (Å²) in [5.41, 5.74) is 3.78. The Kier molecular flexibility index (Phi) is 12.9. The third-order valence-electron chi connectivity index (χ3n) is 7.13. The summed E-state index contributed by atoms with van der Waals surface area (Å²) in [6.07, 6.45) is -2.39. The summed E-state index contributed by atoms with van der Waals surface area (Å²) in [6, 6.07) is 12.8. The fourth-order valence-electron chi connectivity index (χ4n) is 4.71. The molecule has 2 aromatic carbocycles. The first-order valence-electron chi connectivity index (χ1n) is 15.5. The predicted octanol–water partition coefficient (Wildman–Crippen LogP) is 2.99. The number of hydrazine groups is 1. The Hall–Kier alpha value is -4.76. The lowest BCUT2D eigenvalue weighted by Gasteiger charge is -2.34. The number of methoxy groups -OCH3 is 2. The first kappa shape index (κ1) is 37.7. The summed E-state index contributed by atoms with van der Waals surface area (Å²) in [5.74, 6) is 0.605. The van der Waals surface area contributed by atoms with Gasteiger partial charge in [0.25, 0.3) is 5.91 Å². The van der Waals surface area contributed by atoms with E-state index >= 15 is 0 Å². The maximum atomic E-state index is 13.7. The lowest BCUT2D eigenvalue weighted by Crippen LogP contribution is -2.59. The molecule has 0 bridgehead atoms. The number of aromatic nitrogens is 4. The number of benzene rings is 2. The summed E-state index contributed by atoms with van der Waals surface area (Å²) in [4.78, 5) is 40.1. The summed E-state index contributed by atoms with van der Waals surface area (Å²) < 4.78 is 15.5. The van der Waals surface area contributed by atoms with Crippen molar-refractivity contribution in [1.29, 1.82) is 0 Å². The number of hydrogen-bond acceptors (Lipinski definition) is 11. The molecule has 0 radical (unpaired) electrons. The van der Waals surface area contributed by atoms with E-state index in [-0.39, 0.29) is 19.5 Å². The molecule has 3 rings (SSSR count). The molecule has 1 unspecified atom stereocenters. The zero-order chi connectivity index (χ0) is 35.6. The molecule has 1 heterocycles. The molecule has 0 aliphatic rings. The molecule has 3 amide bonds. The van der Waals surface area contributed by atoms with Gasteiger partial charge in [0.05, 0.1) is 33.4 Å². The Bertz CT molecular complexity index is 1500. The molecule has 0 aliphatic heterocycles. The Morgan fingerprint density at radius 1 is 0.917 bits per heavy atom.